The van der Waals surface area contributed by atoms with Crippen LogP contribution >= 0.6 is 0 Å². The summed E-state index contributed by atoms with van der Waals surface area (Å²) in [7, 11) is 1.54. The highest BCUT2D eigenvalue weighted by atomic mass is 16.5. The lowest BCUT2D eigenvalue weighted by atomic mass is 10.3. The lowest BCUT2D eigenvalue weighted by molar-refractivity contribution is -0.111. The van der Waals surface area contributed by atoms with Gasteiger partial charge in [0.1, 0.15) is 0 Å². The largest absolute Gasteiger partial charge is 0.481 e. The zero-order chi connectivity index (χ0) is 16.1. The van der Waals surface area contributed by atoms with Crippen molar-refractivity contribution in [2.75, 3.05) is 12.4 Å². The number of carbonyl (C=O) groups is 1. The number of hydrogen-bond acceptors (Lipinski definition) is 5. The second-order valence-electron chi connectivity index (χ2n) is 4.70. The molecule has 2 aromatic heterocycles. The second-order valence-corrected chi connectivity index (χ2v) is 4.70. The number of rotatable bonds is 4. The van der Waals surface area contributed by atoms with Crippen LogP contribution in [0.4, 0.5) is 5.69 Å². The standard InChI is InChI=1S/C17H14N4O2/c1-23-17-9-7-13(11-19-17)21-16(22)8-6-12-10-18-14-4-2-3-5-15(14)20-12/h2-11H,1H3,(H,21,22)/b8-6+. The summed E-state index contributed by atoms with van der Waals surface area (Å²) in [5, 5.41) is 2.71. The summed E-state index contributed by atoms with van der Waals surface area (Å²) >= 11 is 0. The summed E-state index contributed by atoms with van der Waals surface area (Å²) in [6, 6.07) is 11.0. The average molecular weight is 306 g/mol. The van der Waals surface area contributed by atoms with Gasteiger partial charge in [-0.3, -0.25) is 9.78 Å². The molecule has 23 heavy (non-hydrogen) atoms. The Morgan fingerprint density at radius 3 is 2.65 bits per heavy atom. The Morgan fingerprint density at radius 1 is 1.09 bits per heavy atom. The van der Waals surface area contributed by atoms with E-state index in [2.05, 4.69) is 20.3 Å². The monoisotopic (exact) mass is 306 g/mol. The first-order chi connectivity index (χ1) is 11.2. The number of ether oxygens (including phenoxy) is 1. The Bertz CT molecular complexity index is 860. The van der Waals surface area contributed by atoms with Crippen molar-refractivity contribution in [3.63, 3.8) is 0 Å². The van der Waals surface area contributed by atoms with E-state index in [4.69, 9.17) is 4.74 Å². The minimum absolute atomic E-state index is 0.271. The quantitative estimate of drug-likeness (QED) is 0.750. The maximum absolute atomic E-state index is 11.9. The van der Waals surface area contributed by atoms with Crippen molar-refractivity contribution in [2.24, 2.45) is 0 Å². The van der Waals surface area contributed by atoms with Crippen molar-refractivity contribution < 1.29 is 9.53 Å². The fraction of sp³-hybridized carbons (Fsp3) is 0.0588. The number of hydrogen-bond donors (Lipinski definition) is 1. The molecule has 0 bridgehead atoms. The van der Waals surface area contributed by atoms with Gasteiger partial charge in [-0.15, -0.1) is 0 Å². The van der Waals surface area contributed by atoms with Crippen LogP contribution in [0.15, 0.2) is 54.9 Å². The third-order valence-electron chi connectivity index (χ3n) is 3.09. The van der Waals surface area contributed by atoms with Gasteiger partial charge in [0.2, 0.25) is 11.8 Å². The minimum atomic E-state index is -0.271. The van der Waals surface area contributed by atoms with Crippen molar-refractivity contribution in [2.45, 2.75) is 0 Å². The predicted molar refractivity (Wildman–Crippen MR) is 88.0 cm³/mol. The number of anilines is 1. The summed E-state index contributed by atoms with van der Waals surface area (Å²) < 4.78 is 4.96. The van der Waals surface area contributed by atoms with Gasteiger partial charge in [-0.2, -0.15) is 0 Å². The van der Waals surface area contributed by atoms with Gasteiger partial charge in [0, 0.05) is 12.1 Å². The molecule has 1 N–H and O–H groups in total. The number of benzene rings is 1. The Morgan fingerprint density at radius 2 is 1.91 bits per heavy atom. The van der Waals surface area contributed by atoms with Crippen LogP contribution in [0.5, 0.6) is 5.88 Å². The maximum atomic E-state index is 11.9. The van der Waals surface area contributed by atoms with Crippen molar-refractivity contribution in [3.8, 4) is 5.88 Å². The molecule has 3 rings (SSSR count). The smallest absolute Gasteiger partial charge is 0.248 e. The van der Waals surface area contributed by atoms with Gasteiger partial charge in [0.25, 0.3) is 0 Å². The van der Waals surface area contributed by atoms with E-state index in [1.165, 1.54) is 19.4 Å². The molecule has 0 radical (unpaired) electrons. The molecule has 1 amide bonds. The number of carbonyl (C=O) groups excluding carboxylic acids is 1. The summed E-state index contributed by atoms with van der Waals surface area (Å²) in [4.78, 5) is 24.6. The maximum Gasteiger partial charge on any atom is 0.248 e. The number of aromatic nitrogens is 3. The molecule has 0 aliphatic heterocycles. The van der Waals surface area contributed by atoms with Crippen molar-refractivity contribution in [1.82, 2.24) is 15.0 Å². The van der Waals surface area contributed by atoms with Gasteiger partial charge in [-0.05, 0) is 24.3 Å². The van der Waals surface area contributed by atoms with Gasteiger partial charge in [0.15, 0.2) is 0 Å². The summed E-state index contributed by atoms with van der Waals surface area (Å²) in [5.41, 5.74) is 2.81. The topological polar surface area (TPSA) is 77.0 Å². The number of methoxy groups -OCH3 is 1. The number of nitrogens with one attached hydrogen (secondary N) is 1. The van der Waals surface area contributed by atoms with E-state index in [1.54, 1.807) is 24.4 Å². The molecule has 0 aliphatic carbocycles. The van der Waals surface area contributed by atoms with E-state index in [0.717, 1.165) is 11.0 Å². The van der Waals surface area contributed by atoms with Crippen molar-refractivity contribution in [3.05, 3.63) is 60.6 Å². The van der Waals surface area contributed by atoms with E-state index in [-0.39, 0.29) is 5.91 Å². The number of pyridine rings is 1. The molecule has 0 saturated carbocycles. The Labute approximate surface area is 132 Å². The van der Waals surface area contributed by atoms with E-state index in [1.807, 2.05) is 24.3 Å². The number of fused-ring (bicyclic) bond motifs is 1. The average Bonchev–Trinajstić information content (AvgIpc) is 2.60. The molecule has 6 heteroatoms. The number of para-hydroxylation sites is 2. The Balaban J connectivity index is 1.68. The van der Waals surface area contributed by atoms with E-state index in [0.29, 0.717) is 17.3 Å². The van der Waals surface area contributed by atoms with Gasteiger partial charge in [0.05, 0.1) is 41.9 Å². The van der Waals surface area contributed by atoms with Crippen molar-refractivity contribution >= 4 is 28.7 Å². The third-order valence-corrected chi connectivity index (χ3v) is 3.09. The fourth-order valence-electron chi connectivity index (χ4n) is 1.97. The van der Waals surface area contributed by atoms with E-state index >= 15 is 0 Å². The molecule has 0 aliphatic rings. The molecule has 3 aromatic rings. The van der Waals surface area contributed by atoms with Gasteiger partial charge in [-0.25, -0.2) is 9.97 Å². The lowest BCUT2D eigenvalue weighted by Crippen LogP contribution is -2.08. The first-order valence-corrected chi connectivity index (χ1v) is 6.95. The highest BCUT2D eigenvalue weighted by Crippen LogP contribution is 2.12. The Hall–Kier alpha value is -3.28. The number of nitrogens with zero attached hydrogens (tertiary/aromatic N) is 3. The first kappa shape index (κ1) is 14.6. The van der Waals surface area contributed by atoms with Crippen LogP contribution in [0.1, 0.15) is 5.69 Å². The van der Waals surface area contributed by atoms with E-state index in [9.17, 15) is 4.79 Å². The second kappa shape index (κ2) is 6.65. The Kier molecular flexibility index (Phi) is 4.24. The molecule has 0 unspecified atom stereocenters. The highest BCUT2D eigenvalue weighted by molar-refractivity contribution is 6.01. The normalized spacial score (nSPS) is 10.8. The SMILES string of the molecule is COc1ccc(NC(=O)/C=C/c2cnc3ccccc3n2)cn1. The molecule has 0 spiro atoms. The fourth-order valence-corrected chi connectivity index (χ4v) is 1.97. The summed E-state index contributed by atoms with van der Waals surface area (Å²) in [6.45, 7) is 0. The van der Waals surface area contributed by atoms with E-state index < -0.39 is 0 Å². The zero-order valence-corrected chi connectivity index (χ0v) is 12.4. The molecule has 1 aromatic carbocycles. The third kappa shape index (κ3) is 3.68. The minimum Gasteiger partial charge on any atom is -0.481 e. The highest BCUT2D eigenvalue weighted by Gasteiger charge is 2.00. The van der Waals surface area contributed by atoms with Crippen molar-refractivity contribution in [1.29, 1.82) is 0 Å². The van der Waals surface area contributed by atoms with Crippen LogP contribution in [0, 0.1) is 0 Å². The van der Waals surface area contributed by atoms with Gasteiger partial charge < -0.3 is 10.1 Å². The molecule has 0 atom stereocenters. The van der Waals surface area contributed by atoms with Crippen LogP contribution < -0.4 is 10.1 Å². The summed E-state index contributed by atoms with van der Waals surface area (Å²) in [5.74, 6) is 0.219. The summed E-state index contributed by atoms with van der Waals surface area (Å²) in [6.07, 6.45) is 6.18. The molecule has 0 saturated heterocycles. The van der Waals surface area contributed by atoms with Crippen LogP contribution in [0.2, 0.25) is 0 Å². The molecular weight excluding hydrogens is 292 g/mol. The van der Waals surface area contributed by atoms with Crippen LogP contribution in [0.25, 0.3) is 17.1 Å². The molecule has 0 fully saturated rings. The van der Waals surface area contributed by atoms with Gasteiger partial charge >= 0.3 is 0 Å². The van der Waals surface area contributed by atoms with Crippen LogP contribution in [-0.2, 0) is 4.79 Å². The molecule has 2 heterocycles. The first-order valence-electron chi connectivity index (χ1n) is 6.95. The molecule has 114 valence electrons. The van der Waals surface area contributed by atoms with Crippen LogP contribution in [0.3, 0.4) is 0 Å². The molecular formula is C17H14N4O2. The molecule has 6 nitrogen and oxygen atoms in total. The van der Waals surface area contributed by atoms with Crippen LogP contribution in [-0.4, -0.2) is 28.0 Å². The van der Waals surface area contributed by atoms with Gasteiger partial charge in [-0.1, -0.05) is 12.1 Å². The number of amides is 1. The predicted octanol–water partition coefficient (Wildman–Crippen LogP) is 2.69. The zero-order valence-electron chi connectivity index (χ0n) is 12.4. The lowest BCUT2D eigenvalue weighted by Gasteiger charge is -2.03.